The number of benzene rings is 3. The molecule has 0 fully saturated rings. The molecule has 0 aliphatic carbocycles. The molecule has 4 rings (SSSR count). The van der Waals surface area contributed by atoms with Crippen LogP contribution in [-0.4, -0.2) is 17.1 Å². The maximum absolute atomic E-state index is 13.4. The number of H-pyrrole nitrogens is 1. The van der Waals surface area contributed by atoms with E-state index in [1.807, 2.05) is 36.4 Å². The number of aromatic amines is 1. The fourth-order valence-electron chi connectivity index (χ4n) is 3.02. The van der Waals surface area contributed by atoms with E-state index in [0.29, 0.717) is 22.4 Å². The molecule has 4 aromatic rings. The lowest BCUT2D eigenvalue weighted by molar-refractivity contribution is 0.0957. The Bertz CT molecular complexity index is 1240. The van der Waals surface area contributed by atoms with Crippen molar-refractivity contribution in [3.63, 3.8) is 0 Å². The number of aromatic nitrogens is 1. The normalized spacial score (nSPS) is 11.1. The van der Waals surface area contributed by atoms with Crippen molar-refractivity contribution in [2.75, 3.05) is 0 Å². The van der Waals surface area contributed by atoms with Crippen molar-refractivity contribution < 1.29 is 13.9 Å². The van der Waals surface area contributed by atoms with Crippen LogP contribution in [0.15, 0.2) is 82.5 Å². The second-order valence-corrected chi connectivity index (χ2v) is 7.46. The fraction of sp³-hybridized carbons (Fsp3) is 0.0435. The minimum Gasteiger partial charge on any atom is -0.488 e. The Balaban J connectivity index is 1.47. The molecule has 0 aliphatic rings. The summed E-state index contributed by atoms with van der Waals surface area (Å²) >= 11 is 3.42. The van der Waals surface area contributed by atoms with Crippen LogP contribution < -0.4 is 10.2 Å². The summed E-state index contributed by atoms with van der Waals surface area (Å²) in [4.78, 5) is 15.5. The molecule has 0 atom stereocenters. The van der Waals surface area contributed by atoms with Gasteiger partial charge in [0, 0.05) is 27.1 Å². The molecule has 0 saturated heterocycles. The maximum Gasteiger partial charge on any atom is 0.273 e. The minimum atomic E-state index is -0.319. The van der Waals surface area contributed by atoms with Crippen molar-refractivity contribution in [2.24, 2.45) is 5.10 Å². The topological polar surface area (TPSA) is 66.5 Å². The fourth-order valence-corrected chi connectivity index (χ4v) is 3.40. The highest BCUT2D eigenvalue weighted by molar-refractivity contribution is 9.10. The van der Waals surface area contributed by atoms with Crippen LogP contribution in [-0.2, 0) is 6.61 Å². The smallest absolute Gasteiger partial charge is 0.273 e. The highest BCUT2D eigenvalue weighted by Crippen LogP contribution is 2.23. The van der Waals surface area contributed by atoms with Crippen LogP contribution in [0.5, 0.6) is 5.75 Å². The molecule has 5 nitrogen and oxygen atoms in total. The van der Waals surface area contributed by atoms with Crippen molar-refractivity contribution in [3.8, 4) is 5.75 Å². The highest BCUT2D eigenvalue weighted by Gasteiger charge is 2.11. The molecular formula is C23H17BrFN3O2. The molecular weight excluding hydrogens is 449 g/mol. The van der Waals surface area contributed by atoms with Gasteiger partial charge >= 0.3 is 0 Å². The van der Waals surface area contributed by atoms with Crippen LogP contribution in [0.2, 0.25) is 0 Å². The van der Waals surface area contributed by atoms with Crippen LogP contribution >= 0.6 is 15.9 Å². The summed E-state index contributed by atoms with van der Waals surface area (Å²) in [7, 11) is 0. The SMILES string of the molecule is O=C(N/N=C\c1cc(Br)ccc1OCc1cccc(F)c1)c1c[nH]c2ccccc12. The van der Waals surface area contributed by atoms with Crippen LogP contribution in [0.3, 0.4) is 0 Å². The first-order valence-corrected chi connectivity index (χ1v) is 9.96. The first kappa shape index (κ1) is 19.8. The zero-order valence-corrected chi connectivity index (χ0v) is 17.3. The predicted octanol–water partition coefficient (Wildman–Crippen LogP) is 5.41. The van der Waals surface area contributed by atoms with Crippen molar-refractivity contribution in [1.82, 2.24) is 10.4 Å². The Morgan fingerprint density at radius 1 is 1.13 bits per heavy atom. The summed E-state index contributed by atoms with van der Waals surface area (Å²) in [5.74, 6) is -0.0674. The first-order valence-electron chi connectivity index (χ1n) is 9.16. The molecule has 1 aromatic heterocycles. The Kier molecular flexibility index (Phi) is 5.90. The summed E-state index contributed by atoms with van der Waals surface area (Å²) in [5, 5.41) is 4.90. The first-order chi connectivity index (χ1) is 14.6. The van der Waals surface area contributed by atoms with E-state index in [2.05, 4.69) is 31.4 Å². The molecule has 1 amide bonds. The number of nitrogens with zero attached hydrogens (tertiary/aromatic N) is 1. The van der Waals surface area contributed by atoms with Crippen molar-refractivity contribution in [2.45, 2.75) is 6.61 Å². The van der Waals surface area contributed by atoms with Gasteiger partial charge in [0.2, 0.25) is 0 Å². The molecule has 0 bridgehead atoms. The van der Waals surface area contributed by atoms with Crippen LogP contribution in [0, 0.1) is 5.82 Å². The molecule has 0 unspecified atom stereocenters. The number of ether oxygens (including phenoxy) is 1. The number of para-hydroxylation sites is 1. The van der Waals surface area contributed by atoms with E-state index in [9.17, 15) is 9.18 Å². The minimum absolute atomic E-state index is 0.210. The van der Waals surface area contributed by atoms with Gasteiger partial charge in [0.25, 0.3) is 5.91 Å². The molecule has 3 aromatic carbocycles. The van der Waals surface area contributed by atoms with Gasteiger partial charge in [-0.05, 0) is 42.0 Å². The third-order valence-electron chi connectivity index (χ3n) is 4.46. The predicted molar refractivity (Wildman–Crippen MR) is 118 cm³/mol. The van der Waals surface area contributed by atoms with E-state index in [0.717, 1.165) is 15.4 Å². The van der Waals surface area contributed by atoms with Gasteiger partial charge in [-0.25, -0.2) is 9.82 Å². The third kappa shape index (κ3) is 4.58. The number of nitrogens with one attached hydrogen (secondary N) is 2. The van der Waals surface area contributed by atoms with Gasteiger partial charge in [-0.3, -0.25) is 4.79 Å². The average molecular weight is 466 g/mol. The largest absolute Gasteiger partial charge is 0.488 e. The molecule has 30 heavy (non-hydrogen) atoms. The second-order valence-electron chi connectivity index (χ2n) is 6.55. The Hall–Kier alpha value is -3.45. The Morgan fingerprint density at radius 3 is 2.87 bits per heavy atom. The van der Waals surface area contributed by atoms with Gasteiger partial charge in [0.05, 0.1) is 11.8 Å². The molecule has 7 heteroatoms. The van der Waals surface area contributed by atoms with Gasteiger partial charge in [-0.2, -0.15) is 5.10 Å². The second kappa shape index (κ2) is 8.92. The zero-order chi connectivity index (χ0) is 20.9. The van der Waals surface area contributed by atoms with Crippen LogP contribution in [0.25, 0.3) is 10.9 Å². The molecule has 1 heterocycles. The van der Waals surface area contributed by atoms with Crippen molar-refractivity contribution in [1.29, 1.82) is 0 Å². The molecule has 150 valence electrons. The molecule has 0 aliphatic heterocycles. The standard InChI is InChI=1S/C23H17BrFN3O2/c24-17-8-9-22(30-14-15-4-3-5-18(25)10-15)16(11-17)12-27-28-23(29)20-13-26-21-7-2-1-6-19(20)21/h1-13,26H,14H2,(H,28,29)/b27-12-. The van der Waals surface area contributed by atoms with E-state index in [-0.39, 0.29) is 18.3 Å². The number of amides is 1. The molecule has 0 radical (unpaired) electrons. The number of hydrogen-bond acceptors (Lipinski definition) is 3. The van der Waals surface area contributed by atoms with Gasteiger partial charge in [0.15, 0.2) is 0 Å². The summed E-state index contributed by atoms with van der Waals surface area (Å²) in [6.07, 6.45) is 3.17. The van der Waals surface area contributed by atoms with Gasteiger partial charge in [-0.1, -0.05) is 46.3 Å². The molecule has 0 saturated carbocycles. The van der Waals surface area contributed by atoms with E-state index in [1.165, 1.54) is 18.3 Å². The monoisotopic (exact) mass is 465 g/mol. The summed E-state index contributed by atoms with van der Waals surface area (Å²) in [5.41, 5.74) is 5.32. The number of halogens is 2. The highest BCUT2D eigenvalue weighted by atomic mass is 79.9. The third-order valence-corrected chi connectivity index (χ3v) is 4.95. The quantitative estimate of drug-likeness (QED) is 0.295. The Morgan fingerprint density at radius 2 is 2.00 bits per heavy atom. The van der Waals surface area contributed by atoms with E-state index < -0.39 is 0 Å². The number of hydrazone groups is 1. The van der Waals surface area contributed by atoms with Crippen molar-refractivity contribution >= 4 is 39.0 Å². The van der Waals surface area contributed by atoms with Crippen LogP contribution in [0.4, 0.5) is 4.39 Å². The maximum atomic E-state index is 13.4. The number of hydrogen-bond donors (Lipinski definition) is 2. The van der Waals surface area contributed by atoms with E-state index >= 15 is 0 Å². The number of carbonyl (C=O) groups excluding carboxylic acids is 1. The average Bonchev–Trinajstić information content (AvgIpc) is 3.17. The zero-order valence-electron chi connectivity index (χ0n) is 15.7. The van der Waals surface area contributed by atoms with Gasteiger partial charge in [0.1, 0.15) is 18.2 Å². The van der Waals surface area contributed by atoms with Crippen molar-refractivity contribution in [3.05, 3.63) is 99.9 Å². The number of fused-ring (bicyclic) bond motifs is 1. The van der Waals surface area contributed by atoms with Gasteiger partial charge < -0.3 is 9.72 Å². The molecule has 2 N–H and O–H groups in total. The lowest BCUT2D eigenvalue weighted by Gasteiger charge is -2.10. The summed E-state index contributed by atoms with van der Waals surface area (Å²) in [6.45, 7) is 0.210. The van der Waals surface area contributed by atoms with Gasteiger partial charge in [-0.15, -0.1) is 0 Å². The van der Waals surface area contributed by atoms with Crippen LogP contribution in [0.1, 0.15) is 21.5 Å². The lowest BCUT2D eigenvalue weighted by atomic mass is 10.2. The summed E-state index contributed by atoms with van der Waals surface area (Å²) < 4.78 is 20.0. The Labute approximate surface area is 180 Å². The lowest BCUT2D eigenvalue weighted by Crippen LogP contribution is -2.17. The van der Waals surface area contributed by atoms with E-state index in [1.54, 1.807) is 24.4 Å². The number of carbonyl (C=O) groups is 1. The summed E-state index contributed by atoms with van der Waals surface area (Å²) in [6, 6.07) is 19.2. The molecule has 0 spiro atoms. The van der Waals surface area contributed by atoms with E-state index in [4.69, 9.17) is 4.74 Å². The number of rotatable bonds is 6.